The molecule has 0 unspecified atom stereocenters. The van der Waals surface area contributed by atoms with Crippen molar-refractivity contribution in [2.45, 2.75) is 13.1 Å². The quantitative estimate of drug-likeness (QED) is 0.0419. The molecule has 2 aliphatic rings. The van der Waals surface area contributed by atoms with Crippen LogP contribution in [0.15, 0.2) is 0 Å². The van der Waals surface area contributed by atoms with E-state index in [0.29, 0.717) is 6.54 Å². The van der Waals surface area contributed by atoms with Gasteiger partial charge in [-0.15, -0.1) is 0 Å². The smallest absolute Gasteiger partial charge is 0.317 e. The lowest BCUT2D eigenvalue weighted by Crippen LogP contribution is -2.62. The first-order chi connectivity index (χ1) is 30.4. The van der Waals surface area contributed by atoms with Crippen LogP contribution in [0.1, 0.15) is 6.92 Å². The van der Waals surface area contributed by atoms with Crippen molar-refractivity contribution in [1.82, 2.24) is 49.8 Å². The molecule has 366 valence electrons. The highest BCUT2D eigenvalue weighted by molar-refractivity contribution is 5.81. The molecule has 26 heteroatoms. The summed E-state index contributed by atoms with van der Waals surface area (Å²) in [5.74, 6) is -7.45. The highest BCUT2D eigenvalue weighted by Crippen LogP contribution is 2.13. The monoisotopic (exact) mass is 920 g/mol. The molecule has 2 saturated heterocycles. The minimum absolute atomic E-state index is 0.0360. The van der Waals surface area contributed by atoms with Crippen LogP contribution in [-0.2, 0) is 47.8 Å². The molecule has 0 aliphatic carbocycles. The van der Waals surface area contributed by atoms with Gasteiger partial charge in [0.2, 0.25) is 5.91 Å². The number of carbonyl (C=O) groups excluding carboxylic acids is 2. The van der Waals surface area contributed by atoms with Gasteiger partial charge in [0.1, 0.15) is 6.17 Å². The van der Waals surface area contributed by atoms with Gasteiger partial charge in [-0.25, -0.2) is 0 Å². The van der Waals surface area contributed by atoms with Gasteiger partial charge in [-0.1, -0.05) is 0 Å². The number of carboxylic acids is 6. The summed E-state index contributed by atoms with van der Waals surface area (Å²) in [6.45, 7) is 1.96. The van der Waals surface area contributed by atoms with Crippen LogP contribution >= 0.6 is 0 Å². The van der Waals surface area contributed by atoms with Crippen molar-refractivity contribution in [2.75, 3.05) is 184 Å². The molecule has 2 fully saturated rings. The molecular formula is C38H68N10O16. The summed E-state index contributed by atoms with van der Waals surface area (Å²) in [5, 5.41) is 63.9. The van der Waals surface area contributed by atoms with Gasteiger partial charge in [-0.2, -0.15) is 0 Å². The van der Waals surface area contributed by atoms with Crippen LogP contribution in [0.4, 0.5) is 0 Å². The average Bonchev–Trinajstić information content (AvgIpc) is 3.18. The summed E-state index contributed by atoms with van der Waals surface area (Å²) in [6, 6.07) is 0. The fourth-order valence-corrected chi connectivity index (χ4v) is 7.21. The van der Waals surface area contributed by atoms with E-state index in [1.165, 1.54) is 6.92 Å². The molecule has 0 aromatic rings. The first kappa shape index (κ1) is 55.5. The van der Waals surface area contributed by atoms with Crippen LogP contribution in [0.5, 0.6) is 0 Å². The third-order valence-corrected chi connectivity index (χ3v) is 10.4. The molecule has 8 N–H and O–H groups in total. The second-order valence-electron chi connectivity index (χ2n) is 15.5. The summed E-state index contributed by atoms with van der Waals surface area (Å²) in [4.78, 5) is 110. The Labute approximate surface area is 372 Å². The Morgan fingerprint density at radius 3 is 0.859 bits per heavy atom. The van der Waals surface area contributed by atoms with Crippen molar-refractivity contribution in [1.29, 1.82) is 0 Å². The number of nitrogens with zero attached hydrogens (tertiary/aromatic N) is 8. The number of aliphatic carboxylic acids is 6. The molecule has 64 heavy (non-hydrogen) atoms. The second-order valence-corrected chi connectivity index (χ2v) is 15.5. The van der Waals surface area contributed by atoms with Gasteiger partial charge >= 0.3 is 35.8 Å². The molecule has 0 saturated carbocycles. The van der Waals surface area contributed by atoms with Crippen LogP contribution in [0.3, 0.4) is 0 Å². The molecular weight excluding hydrogens is 852 g/mol. The fraction of sp³-hybridized carbons (Fsp3) is 0.789. The molecule has 0 spiro atoms. The van der Waals surface area contributed by atoms with E-state index in [0.717, 1.165) is 0 Å². The standard InChI is InChI=1S/C38H68N10O16/c1-30(49)39-2-20-63-22-23-64-21-3-40-37(62)38(47-16-12-43(26-33(54)55)8-4-41(24-31(50)51)5-9-44(13-17-47)27-34(56)57)48-18-14-45(28-35(58)59)10-6-42(25-32(52)53)7-11-46(15-19-48)29-36(60)61/h38H,2-29H2,1H3,(H,39,49)(H,40,62)(H,50,51)(H,52,53)(H,54,55)(H,56,57)(H,58,59)(H,60,61). The molecule has 0 atom stereocenters. The Balaban J connectivity index is 2.56. The first-order valence-corrected chi connectivity index (χ1v) is 21.2. The zero-order chi connectivity index (χ0) is 47.4. The number of rotatable bonds is 24. The molecule has 2 rings (SSSR count). The van der Waals surface area contributed by atoms with Gasteiger partial charge in [-0.05, 0) is 0 Å². The van der Waals surface area contributed by atoms with Gasteiger partial charge < -0.3 is 50.7 Å². The molecule has 0 radical (unpaired) electrons. The third kappa shape index (κ3) is 25.6. The summed E-state index contributed by atoms with van der Waals surface area (Å²) in [6.07, 6.45) is -1.15. The van der Waals surface area contributed by atoms with Crippen LogP contribution in [-0.4, -0.2) is 307 Å². The number of hydrogen-bond acceptors (Lipinski definition) is 18. The topological polar surface area (TPSA) is 326 Å². The Morgan fingerprint density at radius 2 is 0.625 bits per heavy atom. The Bertz CT molecular complexity index is 1350. The Hall–Kier alpha value is -4.64. The number of ether oxygens (including phenoxy) is 2. The third-order valence-electron chi connectivity index (χ3n) is 10.4. The average molecular weight is 921 g/mol. The van der Waals surface area contributed by atoms with E-state index in [1.54, 1.807) is 39.2 Å². The van der Waals surface area contributed by atoms with Gasteiger partial charge in [0.25, 0.3) is 5.91 Å². The van der Waals surface area contributed by atoms with Crippen LogP contribution in [0, 0.1) is 0 Å². The van der Waals surface area contributed by atoms with E-state index in [4.69, 9.17) is 9.47 Å². The van der Waals surface area contributed by atoms with E-state index in [2.05, 4.69) is 10.6 Å². The van der Waals surface area contributed by atoms with Crippen LogP contribution < -0.4 is 10.6 Å². The van der Waals surface area contributed by atoms with E-state index in [-0.39, 0.29) is 157 Å². The van der Waals surface area contributed by atoms with Crippen LogP contribution in [0.25, 0.3) is 0 Å². The number of hydrogen-bond donors (Lipinski definition) is 8. The molecule has 2 amide bonds. The second kappa shape index (κ2) is 31.3. The van der Waals surface area contributed by atoms with Crippen LogP contribution in [0.2, 0.25) is 0 Å². The van der Waals surface area contributed by atoms with E-state index < -0.39 is 74.1 Å². The highest BCUT2D eigenvalue weighted by Gasteiger charge is 2.34. The molecule has 0 aromatic heterocycles. The predicted octanol–water partition coefficient (Wildman–Crippen LogP) is -5.45. The summed E-state index contributed by atoms with van der Waals surface area (Å²) in [7, 11) is 0. The summed E-state index contributed by atoms with van der Waals surface area (Å²) >= 11 is 0. The maximum absolute atomic E-state index is 14.6. The number of nitrogens with one attached hydrogen (secondary N) is 2. The Kier molecular flexibility index (Phi) is 27.1. The minimum atomic E-state index is -1.15. The summed E-state index contributed by atoms with van der Waals surface area (Å²) in [5.41, 5.74) is 0. The molecule has 2 aliphatic heterocycles. The lowest BCUT2D eigenvalue weighted by atomic mass is 10.2. The van der Waals surface area contributed by atoms with Crippen molar-refractivity contribution < 1.29 is 78.5 Å². The number of carbonyl (C=O) groups is 8. The minimum Gasteiger partial charge on any atom is -0.480 e. The lowest BCUT2D eigenvalue weighted by Gasteiger charge is -2.42. The molecule has 0 aromatic carbocycles. The fourth-order valence-electron chi connectivity index (χ4n) is 7.21. The molecule has 26 nitrogen and oxygen atoms in total. The molecule has 0 bridgehead atoms. The van der Waals surface area contributed by atoms with E-state index >= 15 is 0 Å². The van der Waals surface area contributed by atoms with Crippen molar-refractivity contribution in [3.8, 4) is 0 Å². The van der Waals surface area contributed by atoms with Crippen molar-refractivity contribution in [2.24, 2.45) is 0 Å². The number of amides is 2. The lowest BCUT2D eigenvalue weighted by molar-refractivity contribution is -0.142. The van der Waals surface area contributed by atoms with Gasteiger partial charge in [0.05, 0.1) is 65.7 Å². The van der Waals surface area contributed by atoms with Gasteiger partial charge in [-0.3, -0.25) is 77.6 Å². The Morgan fingerprint density at radius 1 is 0.391 bits per heavy atom. The molecule has 2 heterocycles. The number of carboxylic acid groups (broad SMARTS) is 6. The normalized spacial score (nSPS) is 18.8. The SMILES string of the molecule is CC(=O)NCCOCCOCCNC(=O)C(N1CCN(CC(=O)O)CCN(CC(=O)O)CCN(CC(=O)O)CC1)N1CCN(CC(=O)O)CCN(CC(=O)O)CCN(CC(=O)O)CC1. The first-order valence-electron chi connectivity index (χ1n) is 21.2. The van der Waals surface area contributed by atoms with Crippen molar-refractivity contribution in [3.05, 3.63) is 0 Å². The van der Waals surface area contributed by atoms with E-state index in [9.17, 15) is 69.0 Å². The van der Waals surface area contributed by atoms with Crippen molar-refractivity contribution in [3.63, 3.8) is 0 Å². The predicted molar refractivity (Wildman–Crippen MR) is 225 cm³/mol. The maximum Gasteiger partial charge on any atom is 0.317 e. The largest absolute Gasteiger partial charge is 0.480 e. The zero-order valence-corrected chi connectivity index (χ0v) is 36.7. The zero-order valence-electron chi connectivity index (χ0n) is 36.7. The van der Waals surface area contributed by atoms with E-state index in [1.807, 2.05) is 0 Å². The maximum atomic E-state index is 14.6. The van der Waals surface area contributed by atoms with Crippen molar-refractivity contribution >= 4 is 47.6 Å². The summed E-state index contributed by atoms with van der Waals surface area (Å²) < 4.78 is 11.1. The van der Waals surface area contributed by atoms with Gasteiger partial charge in [0.15, 0.2) is 0 Å². The van der Waals surface area contributed by atoms with Gasteiger partial charge in [0, 0.05) is 125 Å². The highest BCUT2D eigenvalue weighted by atomic mass is 16.5.